The molecular weight excluding hydrogens is 182 g/mol. The molecule has 78 valence electrons. The summed E-state index contributed by atoms with van der Waals surface area (Å²) in [6, 6.07) is 0. The second-order valence-corrected chi connectivity index (χ2v) is 2.87. The monoisotopic (exact) mass is 197 g/mol. The zero-order valence-corrected chi connectivity index (χ0v) is 8.45. The van der Waals surface area contributed by atoms with Gasteiger partial charge in [0.15, 0.2) is 0 Å². The summed E-state index contributed by atoms with van der Waals surface area (Å²) in [5, 5.41) is 11.6. The average molecular weight is 197 g/mol. The normalized spacial score (nSPS) is 10.2. The van der Waals surface area contributed by atoms with Gasteiger partial charge in [-0.15, -0.1) is 0 Å². The quantitative estimate of drug-likeness (QED) is 0.644. The van der Waals surface area contributed by atoms with Crippen LogP contribution in [0.5, 0.6) is 5.88 Å². The average Bonchev–Trinajstić information content (AvgIpc) is 2.20. The summed E-state index contributed by atoms with van der Waals surface area (Å²) >= 11 is 0. The van der Waals surface area contributed by atoms with E-state index in [1.807, 2.05) is 6.92 Å². The minimum Gasteiger partial charge on any atom is -0.480 e. The van der Waals surface area contributed by atoms with Crippen molar-refractivity contribution in [2.45, 2.75) is 13.5 Å². The second kappa shape index (κ2) is 5.51. The fraction of sp³-hybridized carbons (Fsp3) is 0.556. The van der Waals surface area contributed by atoms with E-state index in [1.165, 1.54) is 0 Å². The van der Waals surface area contributed by atoms with Gasteiger partial charge in [-0.1, -0.05) is 0 Å². The zero-order chi connectivity index (χ0) is 10.4. The first-order valence-corrected chi connectivity index (χ1v) is 4.46. The SMILES string of the molecule is COc1nc(C)cnc1CNCCO. The van der Waals surface area contributed by atoms with E-state index in [-0.39, 0.29) is 6.61 Å². The number of rotatable bonds is 5. The molecule has 0 atom stereocenters. The molecule has 0 unspecified atom stereocenters. The van der Waals surface area contributed by atoms with Gasteiger partial charge in [0.2, 0.25) is 5.88 Å². The van der Waals surface area contributed by atoms with Crippen LogP contribution < -0.4 is 10.1 Å². The molecule has 0 saturated carbocycles. The molecule has 0 aliphatic carbocycles. The van der Waals surface area contributed by atoms with Crippen molar-refractivity contribution in [2.24, 2.45) is 0 Å². The van der Waals surface area contributed by atoms with Crippen molar-refractivity contribution in [3.63, 3.8) is 0 Å². The van der Waals surface area contributed by atoms with Crippen LogP contribution in [0.4, 0.5) is 0 Å². The number of nitrogens with one attached hydrogen (secondary N) is 1. The molecule has 0 aliphatic rings. The summed E-state index contributed by atoms with van der Waals surface area (Å²) in [5.74, 6) is 0.537. The lowest BCUT2D eigenvalue weighted by Gasteiger charge is -2.07. The van der Waals surface area contributed by atoms with Gasteiger partial charge in [0.05, 0.1) is 19.4 Å². The Balaban J connectivity index is 2.65. The lowest BCUT2D eigenvalue weighted by atomic mass is 10.4. The summed E-state index contributed by atoms with van der Waals surface area (Å²) < 4.78 is 5.08. The van der Waals surface area contributed by atoms with Crippen LogP contribution in [0.2, 0.25) is 0 Å². The molecule has 0 aliphatic heterocycles. The van der Waals surface area contributed by atoms with Crippen molar-refractivity contribution < 1.29 is 9.84 Å². The first-order chi connectivity index (χ1) is 6.77. The molecule has 0 bridgehead atoms. The van der Waals surface area contributed by atoms with Gasteiger partial charge in [-0.05, 0) is 6.92 Å². The molecule has 2 N–H and O–H groups in total. The van der Waals surface area contributed by atoms with E-state index >= 15 is 0 Å². The number of hydrogen-bond acceptors (Lipinski definition) is 5. The summed E-state index contributed by atoms with van der Waals surface area (Å²) in [5.41, 5.74) is 1.58. The Bertz CT molecular complexity index is 291. The van der Waals surface area contributed by atoms with Gasteiger partial charge < -0.3 is 15.2 Å². The van der Waals surface area contributed by atoms with Crippen molar-refractivity contribution in [1.29, 1.82) is 0 Å². The van der Waals surface area contributed by atoms with Crippen LogP contribution in [-0.2, 0) is 6.54 Å². The molecule has 0 radical (unpaired) electrons. The number of aliphatic hydroxyl groups excluding tert-OH is 1. The Labute approximate surface area is 83.2 Å². The van der Waals surface area contributed by atoms with Gasteiger partial charge in [0, 0.05) is 19.3 Å². The van der Waals surface area contributed by atoms with Crippen LogP contribution in [0.25, 0.3) is 0 Å². The van der Waals surface area contributed by atoms with E-state index < -0.39 is 0 Å². The minimum atomic E-state index is 0.113. The lowest BCUT2D eigenvalue weighted by molar-refractivity contribution is 0.291. The van der Waals surface area contributed by atoms with Crippen molar-refractivity contribution >= 4 is 0 Å². The fourth-order valence-electron chi connectivity index (χ4n) is 1.05. The first kappa shape index (κ1) is 10.9. The van der Waals surface area contributed by atoms with Crippen LogP contribution in [-0.4, -0.2) is 35.3 Å². The predicted octanol–water partition coefficient (Wildman–Crippen LogP) is -0.124. The first-order valence-electron chi connectivity index (χ1n) is 4.46. The topological polar surface area (TPSA) is 67.3 Å². The maximum absolute atomic E-state index is 8.59. The Kier molecular flexibility index (Phi) is 4.28. The van der Waals surface area contributed by atoms with Crippen molar-refractivity contribution in [3.8, 4) is 5.88 Å². The molecule has 1 aromatic heterocycles. The fourth-order valence-corrected chi connectivity index (χ4v) is 1.05. The van der Waals surface area contributed by atoms with Gasteiger partial charge in [0.1, 0.15) is 5.69 Å². The highest BCUT2D eigenvalue weighted by molar-refractivity contribution is 5.19. The van der Waals surface area contributed by atoms with Gasteiger partial charge in [-0.3, -0.25) is 4.98 Å². The molecular formula is C9H15N3O2. The van der Waals surface area contributed by atoms with Gasteiger partial charge in [-0.2, -0.15) is 0 Å². The molecule has 0 saturated heterocycles. The standard InChI is InChI=1S/C9H15N3O2/c1-7-5-11-8(6-10-3-4-13)9(12-7)14-2/h5,10,13H,3-4,6H2,1-2H3. The van der Waals surface area contributed by atoms with Crippen LogP contribution >= 0.6 is 0 Å². The number of aliphatic hydroxyl groups is 1. The molecule has 5 nitrogen and oxygen atoms in total. The van der Waals surface area contributed by atoms with E-state index in [1.54, 1.807) is 13.3 Å². The molecule has 0 fully saturated rings. The van der Waals surface area contributed by atoms with E-state index in [2.05, 4.69) is 15.3 Å². The van der Waals surface area contributed by atoms with Crippen LogP contribution in [0.3, 0.4) is 0 Å². The molecule has 0 aromatic carbocycles. The molecule has 0 spiro atoms. The van der Waals surface area contributed by atoms with Crippen molar-refractivity contribution in [1.82, 2.24) is 15.3 Å². The third-order valence-corrected chi connectivity index (χ3v) is 1.71. The smallest absolute Gasteiger partial charge is 0.236 e. The molecule has 1 heterocycles. The summed E-state index contributed by atoms with van der Waals surface area (Å²) in [7, 11) is 1.57. The highest BCUT2D eigenvalue weighted by Gasteiger charge is 2.05. The van der Waals surface area contributed by atoms with Crippen LogP contribution in [0, 0.1) is 6.92 Å². The second-order valence-electron chi connectivity index (χ2n) is 2.87. The summed E-state index contributed by atoms with van der Waals surface area (Å²) in [6.45, 7) is 3.07. The minimum absolute atomic E-state index is 0.113. The number of aromatic nitrogens is 2. The maximum Gasteiger partial charge on any atom is 0.236 e. The Hall–Kier alpha value is -1.20. The highest BCUT2D eigenvalue weighted by Crippen LogP contribution is 2.11. The predicted molar refractivity (Wildman–Crippen MR) is 52.1 cm³/mol. The van der Waals surface area contributed by atoms with Crippen molar-refractivity contribution in [3.05, 3.63) is 17.6 Å². The van der Waals surface area contributed by atoms with Crippen LogP contribution in [0.15, 0.2) is 6.20 Å². The summed E-state index contributed by atoms with van der Waals surface area (Å²) in [6.07, 6.45) is 1.69. The molecule has 0 amide bonds. The number of aryl methyl sites for hydroxylation is 1. The summed E-state index contributed by atoms with van der Waals surface area (Å²) in [4.78, 5) is 8.37. The Morgan fingerprint density at radius 2 is 2.36 bits per heavy atom. The molecule has 1 rings (SSSR count). The van der Waals surface area contributed by atoms with Crippen molar-refractivity contribution in [2.75, 3.05) is 20.3 Å². The number of ether oxygens (including phenoxy) is 1. The zero-order valence-electron chi connectivity index (χ0n) is 8.45. The Morgan fingerprint density at radius 3 is 3.00 bits per heavy atom. The number of methoxy groups -OCH3 is 1. The number of hydrogen-bond donors (Lipinski definition) is 2. The lowest BCUT2D eigenvalue weighted by Crippen LogP contribution is -2.19. The molecule has 14 heavy (non-hydrogen) atoms. The largest absolute Gasteiger partial charge is 0.480 e. The highest BCUT2D eigenvalue weighted by atomic mass is 16.5. The molecule has 1 aromatic rings. The van der Waals surface area contributed by atoms with Crippen LogP contribution in [0.1, 0.15) is 11.4 Å². The Morgan fingerprint density at radius 1 is 1.57 bits per heavy atom. The number of nitrogens with zero attached hydrogens (tertiary/aromatic N) is 2. The van der Waals surface area contributed by atoms with E-state index in [0.29, 0.717) is 19.0 Å². The maximum atomic E-state index is 8.59. The third kappa shape index (κ3) is 2.93. The molecule has 5 heteroatoms. The van der Waals surface area contributed by atoms with E-state index in [4.69, 9.17) is 9.84 Å². The van der Waals surface area contributed by atoms with E-state index in [9.17, 15) is 0 Å². The van der Waals surface area contributed by atoms with Gasteiger partial charge in [-0.25, -0.2) is 4.98 Å². The third-order valence-electron chi connectivity index (χ3n) is 1.71. The van der Waals surface area contributed by atoms with E-state index in [0.717, 1.165) is 11.4 Å². The van der Waals surface area contributed by atoms with Gasteiger partial charge >= 0.3 is 0 Å². The van der Waals surface area contributed by atoms with Gasteiger partial charge in [0.25, 0.3) is 0 Å².